The molecule has 4 rings (SSSR count). The van der Waals surface area contributed by atoms with Gasteiger partial charge in [-0.1, -0.05) is 19.9 Å². The number of hydrogen-bond donors (Lipinski definition) is 1. The van der Waals surface area contributed by atoms with Crippen molar-refractivity contribution >= 4 is 28.5 Å². The molecule has 3 aromatic rings. The van der Waals surface area contributed by atoms with E-state index in [0.29, 0.717) is 18.5 Å². The van der Waals surface area contributed by atoms with Crippen molar-refractivity contribution in [3.63, 3.8) is 0 Å². The lowest BCUT2D eigenvalue weighted by atomic mass is 9.80. The van der Waals surface area contributed by atoms with Crippen LogP contribution >= 0.6 is 0 Å². The van der Waals surface area contributed by atoms with Crippen molar-refractivity contribution in [1.82, 2.24) is 14.5 Å². The second-order valence-electron chi connectivity index (χ2n) is 9.69. The van der Waals surface area contributed by atoms with Crippen LogP contribution in [0.2, 0.25) is 0 Å². The maximum atomic E-state index is 14.6. The number of halogens is 3. The molecule has 2 aromatic heterocycles. The standard InChI is InChI=1S/C28H26F3N5O2/c1-5-18-14-36(27(38)16(2)3)10-9-20(18)21-15-35(4)25-23(21)24(28(29,30)31)22(13-33-25)34-26(37)19-8-6-7-17(11-19)12-32/h1,6-8,11,13,15-16,18,20H,9-10,14H2,2-4H3,(H,34,37)/t18-,20+/m0/s1. The van der Waals surface area contributed by atoms with Crippen molar-refractivity contribution in [3.05, 3.63) is 58.9 Å². The van der Waals surface area contributed by atoms with E-state index in [1.807, 2.05) is 6.07 Å². The molecule has 38 heavy (non-hydrogen) atoms. The summed E-state index contributed by atoms with van der Waals surface area (Å²) >= 11 is 0. The van der Waals surface area contributed by atoms with Crippen LogP contribution in [0.1, 0.15) is 53.2 Å². The number of nitriles is 1. The first-order chi connectivity index (χ1) is 18.0. The highest BCUT2D eigenvalue weighted by atomic mass is 19.4. The Morgan fingerprint density at radius 3 is 2.66 bits per heavy atom. The first kappa shape index (κ1) is 26.7. The molecule has 1 saturated heterocycles. The fraction of sp³-hybridized carbons (Fsp3) is 0.357. The minimum absolute atomic E-state index is 0.0418. The van der Waals surface area contributed by atoms with E-state index in [2.05, 4.69) is 16.2 Å². The van der Waals surface area contributed by atoms with Crippen molar-refractivity contribution < 1.29 is 22.8 Å². The zero-order valence-electron chi connectivity index (χ0n) is 21.1. The van der Waals surface area contributed by atoms with Gasteiger partial charge in [0.05, 0.1) is 29.1 Å². The number of rotatable bonds is 4. The quantitative estimate of drug-likeness (QED) is 0.493. The van der Waals surface area contributed by atoms with Crippen LogP contribution < -0.4 is 5.32 Å². The van der Waals surface area contributed by atoms with Gasteiger partial charge in [0, 0.05) is 55.0 Å². The molecule has 1 N–H and O–H groups in total. The maximum absolute atomic E-state index is 14.6. The van der Waals surface area contributed by atoms with E-state index in [-0.39, 0.29) is 40.5 Å². The molecule has 0 radical (unpaired) electrons. The summed E-state index contributed by atoms with van der Waals surface area (Å²) in [5.41, 5.74) is -0.776. The Morgan fingerprint density at radius 2 is 2.03 bits per heavy atom. The number of anilines is 1. The summed E-state index contributed by atoms with van der Waals surface area (Å²) in [4.78, 5) is 31.3. The Balaban J connectivity index is 1.81. The second kappa shape index (κ2) is 10.2. The third-order valence-electron chi connectivity index (χ3n) is 6.83. The number of aromatic nitrogens is 2. The lowest BCUT2D eigenvalue weighted by Crippen LogP contribution is -2.44. The number of carbonyl (C=O) groups excluding carboxylic acids is 2. The van der Waals surface area contributed by atoms with E-state index < -0.39 is 35.2 Å². The molecular weight excluding hydrogens is 495 g/mol. The van der Waals surface area contributed by atoms with E-state index in [1.165, 1.54) is 28.8 Å². The number of amides is 2. The first-order valence-corrected chi connectivity index (χ1v) is 12.1. The summed E-state index contributed by atoms with van der Waals surface area (Å²) in [6.45, 7) is 4.20. The number of hydrogen-bond acceptors (Lipinski definition) is 4. The highest BCUT2D eigenvalue weighted by molar-refractivity contribution is 6.06. The van der Waals surface area contributed by atoms with Gasteiger partial charge in [-0.15, -0.1) is 12.3 Å². The van der Waals surface area contributed by atoms with Crippen LogP contribution in [0, 0.1) is 35.5 Å². The van der Waals surface area contributed by atoms with Crippen molar-refractivity contribution in [1.29, 1.82) is 5.26 Å². The van der Waals surface area contributed by atoms with Gasteiger partial charge in [0.2, 0.25) is 5.91 Å². The predicted octanol–water partition coefficient (Wildman–Crippen LogP) is 4.94. The molecule has 0 saturated carbocycles. The molecule has 0 unspecified atom stereocenters. The Morgan fingerprint density at radius 1 is 1.29 bits per heavy atom. The predicted molar refractivity (Wildman–Crippen MR) is 136 cm³/mol. The number of terminal acetylenes is 1. The summed E-state index contributed by atoms with van der Waals surface area (Å²) in [5.74, 6) is 0.680. The number of aryl methyl sites for hydroxylation is 1. The Labute approximate surface area is 218 Å². The van der Waals surface area contributed by atoms with E-state index in [1.54, 1.807) is 32.0 Å². The Hall–Kier alpha value is -4.31. The summed E-state index contributed by atoms with van der Waals surface area (Å²) < 4.78 is 45.4. The number of fused-ring (bicyclic) bond motifs is 1. The van der Waals surface area contributed by atoms with Crippen molar-refractivity contribution in [2.24, 2.45) is 18.9 Å². The normalized spacial score (nSPS) is 17.8. The van der Waals surface area contributed by atoms with Gasteiger partial charge in [-0.3, -0.25) is 9.59 Å². The number of likely N-dealkylation sites (tertiary alicyclic amines) is 1. The molecule has 2 atom stereocenters. The van der Waals surface area contributed by atoms with Gasteiger partial charge in [0.15, 0.2) is 0 Å². The number of pyridine rings is 1. The zero-order valence-corrected chi connectivity index (χ0v) is 21.1. The van der Waals surface area contributed by atoms with Gasteiger partial charge in [0.1, 0.15) is 5.65 Å². The monoisotopic (exact) mass is 521 g/mol. The molecule has 1 aliphatic heterocycles. The molecule has 196 valence electrons. The van der Waals surface area contributed by atoms with Crippen LogP contribution in [0.15, 0.2) is 36.7 Å². The SMILES string of the molecule is C#C[C@H]1CN(C(=O)C(C)C)CC[C@H]1c1cn(C)c2ncc(NC(=O)c3cccc(C#N)c3)c(C(F)(F)F)c12. The fourth-order valence-electron chi connectivity index (χ4n) is 5.03. The fourth-order valence-corrected chi connectivity index (χ4v) is 5.03. The molecule has 1 aliphatic rings. The van der Waals surface area contributed by atoms with Crippen molar-refractivity contribution in [2.75, 3.05) is 18.4 Å². The van der Waals surface area contributed by atoms with E-state index >= 15 is 0 Å². The minimum atomic E-state index is -4.83. The third-order valence-corrected chi connectivity index (χ3v) is 6.83. The number of carbonyl (C=O) groups is 2. The van der Waals surface area contributed by atoms with E-state index in [0.717, 1.165) is 6.20 Å². The summed E-state index contributed by atoms with van der Waals surface area (Å²) in [5, 5.41) is 11.3. The van der Waals surface area contributed by atoms with Crippen LogP contribution in [0.25, 0.3) is 11.0 Å². The van der Waals surface area contributed by atoms with Gasteiger partial charge in [-0.05, 0) is 30.2 Å². The maximum Gasteiger partial charge on any atom is 0.419 e. The van der Waals surface area contributed by atoms with Gasteiger partial charge in [-0.25, -0.2) is 4.98 Å². The minimum Gasteiger partial charge on any atom is -0.341 e. The first-order valence-electron chi connectivity index (χ1n) is 12.1. The second-order valence-corrected chi connectivity index (χ2v) is 9.69. The molecule has 10 heteroatoms. The zero-order chi connectivity index (χ0) is 27.8. The molecule has 1 fully saturated rings. The number of benzene rings is 1. The summed E-state index contributed by atoms with van der Waals surface area (Å²) in [6.07, 6.45) is 3.97. The average Bonchev–Trinajstić information content (AvgIpc) is 3.22. The smallest absolute Gasteiger partial charge is 0.341 e. The molecule has 7 nitrogen and oxygen atoms in total. The van der Waals surface area contributed by atoms with Crippen molar-refractivity contribution in [3.8, 4) is 18.4 Å². The van der Waals surface area contributed by atoms with Crippen LogP contribution in [0.5, 0.6) is 0 Å². The lowest BCUT2D eigenvalue weighted by molar-refractivity contribution is -0.136. The van der Waals surface area contributed by atoms with Crippen LogP contribution in [0.3, 0.4) is 0 Å². The third kappa shape index (κ3) is 4.95. The highest BCUT2D eigenvalue weighted by Gasteiger charge is 2.41. The number of alkyl halides is 3. The lowest BCUT2D eigenvalue weighted by Gasteiger charge is -2.37. The Bertz CT molecular complexity index is 1490. The molecule has 2 amide bonds. The molecule has 0 spiro atoms. The topological polar surface area (TPSA) is 91.0 Å². The molecule has 0 bridgehead atoms. The van der Waals surface area contributed by atoms with Crippen LogP contribution in [-0.4, -0.2) is 39.4 Å². The molecular formula is C28H26F3N5O2. The highest BCUT2D eigenvalue weighted by Crippen LogP contribution is 2.45. The number of piperidine rings is 1. The van der Waals surface area contributed by atoms with Crippen molar-refractivity contribution in [2.45, 2.75) is 32.4 Å². The van der Waals surface area contributed by atoms with E-state index in [9.17, 15) is 22.8 Å². The van der Waals surface area contributed by atoms with E-state index in [4.69, 9.17) is 11.7 Å². The summed E-state index contributed by atoms with van der Waals surface area (Å²) in [6, 6.07) is 7.58. The Kier molecular flexibility index (Phi) is 7.19. The van der Waals surface area contributed by atoms with Gasteiger partial charge in [0.25, 0.3) is 5.91 Å². The van der Waals surface area contributed by atoms with Gasteiger partial charge in [-0.2, -0.15) is 18.4 Å². The number of nitrogens with one attached hydrogen (secondary N) is 1. The summed E-state index contributed by atoms with van der Waals surface area (Å²) in [7, 11) is 1.60. The molecule has 0 aliphatic carbocycles. The van der Waals surface area contributed by atoms with Crippen LogP contribution in [-0.2, 0) is 18.0 Å². The number of nitrogens with zero attached hydrogens (tertiary/aromatic N) is 4. The molecule has 1 aromatic carbocycles. The largest absolute Gasteiger partial charge is 0.419 e. The van der Waals surface area contributed by atoms with Gasteiger partial charge < -0.3 is 14.8 Å². The molecule has 3 heterocycles. The van der Waals surface area contributed by atoms with Crippen LogP contribution in [0.4, 0.5) is 18.9 Å². The average molecular weight is 522 g/mol. The van der Waals surface area contributed by atoms with Gasteiger partial charge >= 0.3 is 6.18 Å².